The second-order valence-electron chi connectivity index (χ2n) is 16.2. The number of methoxy groups -OCH3 is 4. The molecule has 6 aromatic carbocycles. The Morgan fingerprint density at radius 3 is 1.52 bits per heavy atom. The zero-order chi connectivity index (χ0) is 45.0. The van der Waals surface area contributed by atoms with Gasteiger partial charge >= 0.3 is 0 Å². The number of hydrogen-bond acceptors (Lipinski definition) is 10. The maximum Gasteiger partial charge on any atom is 0.280 e. The lowest BCUT2D eigenvalue weighted by atomic mass is 9.69. The van der Waals surface area contributed by atoms with Crippen molar-refractivity contribution in [1.82, 2.24) is 19.5 Å². The quantitative estimate of drug-likeness (QED) is 0.0761. The van der Waals surface area contributed by atoms with Crippen LogP contribution in [0.25, 0.3) is 11.2 Å². The molecule has 0 radical (unpaired) electrons. The van der Waals surface area contributed by atoms with Gasteiger partial charge in [0.2, 0.25) is 5.95 Å². The molecule has 65 heavy (non-hydrogen) atoms. The van der Waals surface area contributed by atoms with Gasteiger partial charge in [-0.05, 0) is 94.3 Å². The number of aromatic nitrogens is 4. The van der Waals surface area contributed by atoms with Crippen molar-refractivity contribution in [1.29, 1.82) is 0 Å². The Morgan fingerprint density at radius 1 is 0.631 bits per heavy atom. The number of rotatable bonds is 17. The van der Waals surface area contributed by atoms with Gasteiger partial charge in [0.1, 0.15) is 34.1 Å². The smallest absolute Gasteiger partial charge is 0.280 e. The Labute approximate surface area is 377 Å². The number of imidazole rings is 1. The summed E-state index contributed by atoms with van der Waals surface area (Å²) < 4.78 is 31.5. The second-order valence-corrected chi connectivity index (χ2v) is 16.2. The Morgan fingerprint density at radius 2 is 1.06 bits per heavy atom. The van der Waals surface area contributed by atoms with Gasteiger partial charge in [0, 0.05) is 18.6 Å². The van der Waals surface area contributed by atoms with E-state index in [-0.39, 0.29) is 42.6 Å². The predicted octanol–water partition coefficient (Wildman–Crippen LogP) is 8.74. The number of nitrogens with one attached hydrogen (secondary N) is 2. The Bertz CT molecular complexity index is 2790. The molecular formula is C53H51N5O7. The summed E-state index contributed by atoms with van der Waals surface area (Å²) in [7, 11) is 6.57. The molecule has 8 aromatic rings. The van der Waals surface area contributed by atoms with Crippen LogP contribution in [-0.4, -0.2) is 66.3 Å². The van der Waals surface area contributed by atoms with Gasteiger partial charge in [-0.1, -0.05) is 109 Å². The number of aromatic amines is 1. The molecule has 2 heterocycles. The van der Waals surface area contributed by atoms with E-state index in [1.165, 1.54) is 0 Å². The molecule has 9 rings (SSSR count). The van der Waals surface area contributed by atoms with Crippen molar-refractivity contribution >= 4 is 17.1 Å². The van der Waals surface area contributed by atoms with Crippen LogP contribution in [0.3, 0.4) is 0 Å². The standard InChI is InChI=1S/C53H51N5O7/c1-61-42-23-15-37(16-24-42)52(36-11-7-5-8-12-36,38-17-25-43(62-2)26-18-38)57-51-55-49-48(50(60)56-51)54-34-58(49)47-31-35(32-59)46(47)33-65-53(39-13-9-6-10-14-39,40-19-27-44(63-3)28-20-40)41-21-29-45(64-4)30-22-41/h5-30,34-35,46-47,59H,31-33H2,1-4H3,(H2,55,56,57,60)/t35-,46-,47-/m1/s1. The zero-order valence-corrected chi connectivity index (χ0v) is 36.7. The molecule has 0 spiro atoms. The van der Waals surface area contributed by atoms with Crippen LogP contribution in [0.1, 0.15) is 45.8 Å². The Balaban J connectivity index is 1.13. The van der Waals surface area contributed by atoms with Gasteiger partial charge < -0.3 is 38.7 Å². The summed E-state index contributed by atoms with van der Waals surface area (Å²) in [6.07, 6.45) is 2.30. The topological polar surface area (TPSA) is 142 Å². The first-order chi connectivity index (χ1) is 31.8. The molecule has 0 unspecified atom stereocenters. The van der Waals surface area contributed by atoms with Crippen LogP contribution in [0.2, 0.25) is 0 Å². The summed E-state index contributed by atoms with van der Waals surface area (Å²) in [6, 6.07) is 51.5. The molecule has 2 aromatic heterocycles. The number of anilines is 1. The highest BCUT2D eigenvalue weighted by Gasteiger charge is 2.46. The van der Waals surface area contributed by atoms with Gasteiger partial charge in [0.15, 0.2) is 11.2 Å². The van der Waals surface area contributed by atoms with Crippen LogP contribution in [0.5, 0.6) is 23.0 Å². The number of fused-ring (bicyclic) bond motifs is 1. The minimum absolute atomic E-state index is 0.0370. The maximum atomic E-state index is 14.1. The van der Waals surface area contributed by atoms with Gasteiger partial charge in [-0.3, -0.25) is 9.78 Å². The van der Waals surface area contributed by atoms with Crippen molar-refractivity contribution in [2.75, 3.05) is 47.0 Å². The number of ether oxygens (including phenoxy) is 5. The molecule has 3 atom stereocenters. The number of benzene rings is 6. The summed E-state index contributed by atoms with van der Waals surface area (Å²) in [5.74, 6) is 2.83. The van der Waals surface area contributed by atoms with Gasteiger partial charge in [-0.15, -0.1) is 0 Å². The van der Waals surface area contributed by atoms with Crippen molar-refractivity contribution in [3.05, 3.63) is 208 Å². The maximum absolute atomic E-state index is 14.1. The third-order valence-electron chi connectivity index (χ3n) is 12.9. The van der Waals surface area contributed by atoms with Gasteiger partial charge in [-0.2, -0.15) is 4.98 Å². The summed E-state index contributed by atoms with van der Waals surface area (Å²) >= 11 is 0. The summed E-state index contributed by atoms with van der Waals surface area (Å²) in [5, 5.41) is 14.5. The van der Waals surface area contributed by atoms with E-state index in [9.17, 15) is 9.90 Å². The molecule has 3 N–H and O–H groups in total. The average molecular weight is 870 g/mol. The van der Waals surface area contributed by atoms with Crippen LogP contribution >= 0.6 is 0 Å². The molecule has 0 saturated heterocycles. The highest BCUT2D eigenvalue weighted by Crippen LogP contribution is 2.49. The number of nitrogens with zero attached hydrogens (tertiary/aromatic N) is 3. The first-order valence-corrected chi connectivity index (χ1v) is 21.5. The zero-order valence-electron chi connectivity index (χ0n) is 36.7. The first-order valence-electron chi connectivity index (χ1n) is 21.5. The van der Waals surface area contributed by atoms with E-state index in [1.54, 1.807) is 34.8 Å². The fourth-order valence-electron chi connectivity index (χ4n) is 9.34. The predicted molar refractivity (Wildman–Crippen MR) is 250 cm³/mol. The summed E-state index contributed by atoms with van der Waals surface area (Å²) in [5.41, 5.74) is 3.51. The largest absolute Gasteiger partial charge is 0.497 e. The molecule has 330 valence electrons. The molecule has 0 amide bonds. The fraction of sp³-hybridized carbons (Fsp3) is 0.226. The van der Waals surface area contributed by atoms with Gasteiger partial charge in [-0.25, -0.2) is 4.98 Å². The van der Waals surface area contributed by atoms with E-state index in [2.05, 4.69) is 27.4 Å². The molecule has 1 aliphatic rings. The molecule has 12 nitrogen and oxygen atoms in total. The van der Waals surface area contributed by atoms with Crippen LogP contribution in [0.4, 0.5) is 5.95 Å². The Hall–Kier alpha value is -7.41. The molecule has 1 aliphatic carbocycles. The minimum Gasteiger partial charge on any atom is -0.497 e. The third-order valence-corrected chi connectivity index (χ3v) is 12.9. The van der Waals surface area contributed by atoms with E-state index >= 15 is 0 Å². The monoisotopic (exact) mass is 869 g/mol. The lowest BCUT2D eigenvalue weighted by molar-refractivity contribution is -0.0763. The molecule has 1 saturated carbocycles. The number of hydrogen-bond donors (Lipinski definition) is 3. The van der Waals surface area contributed by atoms with Crippen LogP contribution < -0.4 is 29.8 Å². The van der Waals surface area contributed by atoms with Crippen molar-refractivity contribution in [3.63, 3.8) is 0 Å². The van der Waals surface area contributed by atoms with Crippen molar-refractivity contribution in [3.8, 4) is 23.0 Å². The lowest BCUT2D eigenvalue weighted by Gasteiger charge is -2.46. The number of aliphatic hydroxyl groups excluding tert-OH is 1. The fourth-order valence-corrected chi connectivity index (χ4v) is 9.34. The summed E-state index contributed by atoms with van der Waals surface area (Å²) in [6.45, 7) is 0.216. The Kier molecular flexibility index (Phi) is 12.1. The van der Waals surface area contributed by atoms with E-state index in [0.29, 0.717) is 23.6 Å². The van der Waals surface area contributed by atoms with E-state index < -0.39 is 16.7 Å². The molecular weight excluding hydrogens is 819 g/mol. The minimum atomic E-state index is -1.06. The highest BCUT2D eigenvalue weighted by molar-refractivity contribution is 5.72. The molecule has 0 bridgehead atoms. The number of aliphatic hydroxyl groups is 1. The van der Waals surface area contributed by atoms with E-state index in [0.717, 1.165) is 44.9 Å². The normalized spacial score (nSPS) is 16.1. The average Bonchev–Trinajstić information content (AvgIpc) is 3.79. The first kappa shape index (κ1) is 42.9. The second kappa shape index (κ2) is 18.4. The van der Waals surface area contributed by atoms with Gasteiger partial charge in [0.25, 0.3) is 5.56 Å². The lowest BCUT2D eigenvalue weighted by Crippen LogP contribution is -2.45. The van der Waals surface area contributed by atoms with Crippen molar-refractivity contribution in [2.45, 2.75) is 23.6 Å². The summed E-state index contributed by atoms with van der Waals surface area (Å²) in [4.78, 5) is 26.9. The van der Waals surface area contributed by atoms with E-state index in [4.69, 9.17) is 28.7 Å². The molecule has 0 aliphatic heterocycles. The molecule has 1 fully saturated rings. The van der Waals surface area contributed by atoms with E-state index in [1.807, 2.05) is 150 Å². The van der Waals surface area contributed by atoms with Crippen molar-refractivity contribution < 1.29 is 28.8 Å². The third kappa shape index (κ3) is 7.85. The SMILES string of the molecule is COc1ccc(C(Nc2nc3c(ncn3[C@@H]3C[C@H](CO)[C@H]3COC(c3ccccc3)(c3ccc(OC)cc3)c3ccc(OC)cc3)c(=O)[nH]2)(c2ccccc2)c2ccc(OC)cc2)cc1. The number of H-pyrrole nitrogens is 1. The van der Waals surface area contributed by atoms with Crippen molar-refractivity contribution in [2.24, 2.45) is 11.8 Å². The molecule has 12 heteroatoms. The highest BCUT2D eigenvalue weighted by atomic mass is 16.5. The van der Waals surface area contributed by atoms with Crippen LogP contribution in [-0.2, 0) is 15.9 Å². The van der Waals surface area contributed by atoms with Crippen LogP contribution in [0, 0.1) is 11.8 Å². The van der Waals surface area contributed by atoms with Gasteiger partial charge in [0.05, 0.1) is 41.4 Å². The van der Waals surface area contributed by atoms with Crippen LogP contribution in [0.15, 0.2) is 169 Å².